The lowest BCUT2D eigenvalue weighted by Crippen LogP contribution is -2.18. The third-order valence-corrected chi connectivity index (χ3v) is 3.95. The van der Waals surface area contributed by atoms with Crippen LogP contribution in [0.25, 0.3) is 10.9 Å². The molecule has 1 saturated heterocycles. The second kappa shape index (κ2) is 4.65. The van der Waals surface area contributed by atoms with Gasteiger partial charge in [-0.15, -0.1) is 0 Å². The highest BCUT2D eigenvalue weighted by molar-refractivity contribution is 5.94. The largest absolute Gasteiger partial charge is 0.398 e. The number of nitrogens with two attached hydrogens (primary N) is 1. The predicted molar refractivity (Wildman–Crippen MR) is 76.5 cm³/mol. The number of nitrogens with zero attached hydrogens (tertiary/aromatic N) is 2. The zero-order chi connectivity index (χ0) is 12.5. The minimum Gasteiger partial charge on any atom is -0.398 e. The number of aromatic nitrogens is 1. The van der Waals surface area contributed by atoms with E-state index in [9.17, 15) is 0 Å². The first-order valence-corrected chi connectivity index (χ1v) is 6.88. The van der Waals surface area contributed by atoms with Gasteiger partial charge in [-0.2, -0.15) is 0 Å². The van der Waals surface area contributed by atoms with Crippen molar-refractivity contribution in [3.05, 3.63) is 30.0 Å². The number of rotatable bonds is 3. The second-order valence-corrected chi connectivity index (χ2v) is 5.16. The van der Waals surface area contributed by atoms with E-state index in [4.69, 9.17) is 5.73 Å². The van der Waals surface area contributed by atoms with Gasteiger partial charge in [0.15, 0.2) is 0 Å². The Morgan fingerprint density at radius 3 is 2.72 bits per heavy atom. The van der Waals surface area contributed by atoms with Crippen LogP contribution in [-0.2, 0) is 13.1 Å². The average molecular weight is 243 g/mol. The molecule has 0 saturated carbocycles. The van der Waals surface area contributed by atoms with Crippen LogP contribution in [0.1, 0.15) is 25.3 Å². The van der Waals surface area contributed by atoms with Crippen LogP contribution in [0.2, 0.25) is 0 Å². The molecule has 96 valence electrons. The van der Waals surface area contributed by atoms with Crippen molar-refractivity contribution in [3.63, 3.8) is 0 Å². The lowest BCUT2D eigenvalue weighted by molar-refractivity contribution is 0.332. The van der Waals surface area contributed by atoms with Crippen molar-refractivity contribution in [2.45, 2.75) is 32.9 Å². The molecule has 0 unspecified atom stereocenters. The van der Waals surface area contributed by atoms with Crippen molar-refractivity contribution in [1.82, 2.24) is 9.47 Å². The Hall–Kier alpha value is -1.48. The molecule has 1 aliphatic heterocycles. The summed E-state index contributed by atoms with van der Waals surface area (Å²) in [6.07, 6.45) is 4.95. The van der Waals surface area contributed by atoms with Crippen LogP contribution in [0, 0.1) is 0 Å². The summed E-state index contributed by atoms with van der Waals surface area (Å²) in [4.78, 5) is 2.53. The Balaban J connectivity index is 2.04. The number of hydrogen-bond acceptors (Lipinski definition) is 2. The Morgan fingerprint density at radius 1 is 1.22 bits per heavy atom. The zero-order valence-corrected chi connectivity index (χ0v) is 11.0. The van der Waals surface area contributed by atoms with Gasteiger partial charge in [0.2, 0.25) is 0 Å². The maximum absolute atomic E-state index is 6.17. The maximum Gasteiger partial charge on any atom is 0.0504 e. The lowest BCUT2D eigenvalue weighted by Gasteiger charge is -2.13. The molecule has 0 amide bonds. The molecule has 0 aliphatic carbocycles. The second-order valence-electron chi connectivity index (χ2n) is 5.16. The van der Waals surface area contributed by atoms with E-state index in [0.717, 1.165) is 18.8 Å². The topological polar surface area (TPSA) is 34.2 Å². The molecule has 2 N–H and O–H groups in total. The smallest absolute Gasteiger partial charge is 0.0504 e. The average Bonchev–Trinajstić information content (AvgIpc) is 2.98. The van der Waals surface area contributed by atoms with E-state index < -0.39 is 0 Å². The van der Waals surface area contributed by atoms with E-state index >= 15 is 0 Å². The molecule has 18 heavy (non-hydrogen) atoms. The fourth-order valence-electron chi connectivity index (χ4n) is 3.03. The Labute approximate surface area is 108 Å². The first-order valence-electron chi connectivity index (χ1n) is 6.88. The van der Waals surface area contributed by atoms with Gasteiger partial charge in [-0.3, -0.25) is 4.90 Å². The predicted octanol–water partition coefficient (Wildman–Crippen LogP) is 2.84. The molecule has 0 spiro atoms. The normalized spacial score (nSPS) is 16.7. The standard InChI is InChI=1S/C15H21N3/c1-2-18-11-12(10-17-8-3-4-9-17)15-13(16)6-5-7-14(15)18/h5-7,11H,2-4,8-10,16H2,1H3. The number of fused-ring (bicyclic) bond motifs is 1. The van der Waals surface area contributed by atoms with E-state index in [2.05, 4.69) is 28.7 Å². The van der Waals surface area contributed by atoms with Crippen LogP contribution in [0.15, 0.2) is 24.4 Å². The van der Waals surface area contributed by atoms with Crippen LogP contribution in [0.5, 0.6) is 0 Å². The molecule has 1 fully saturated rings. The summed E-state index contributed by atoms with van der Waals surface area (Å²) in [5.74, 6) is 0. The molecule has 1 aromatic carbocycles. The van der Waals surface area contributed by atoms with Gasteiger partial charge in [-0.1, -0.05) is 6.07 Å². The quantitative estimate of drug-likeness (QED) is 0.841. The van der Waals surface area contributed by atoms with Gasteiger partial charge in [0, 0.05) is 30.4 Å². The highest BCUT2D eigenvalue weighted by Gasteiger charge is 2.16. The minimum atomic E-state index is 0.911. The summed E-state index contributed by atoms with van der Waals surface area (Å²) in [7, 11) is 0. The third kappa shape index (κ3) is 1.89. The van der Waals surface area contributed by atoms with Crippen molar-refractivity contribution in [2.75, 3.05) is 18.8 Å². The molecule has 0 bridgehead atoms. The number of anilines is 1. The Bertz CT molecular complexity index is 550. The Morgan fingerprint density at radius 2 is 2.00 bits per heavy atom. The SMILES string of the molecule is CCn1cc(CN2CCCC2)c2c(N)cccc21. The minimum absolute atomic E-state index is 0.911. The molecule has 0 radical (unpaired) electrons. The first kappa shape index (κ1) is 11.6. The van der Waals surface area contributed by atoms with E-state index in [-0.39, 0.29) is 0 Å². The van der Waals surface area contributed by atoms with Crippen LogP contribution < -0.4 is 5.73 Å². The lowest BCUT2D eigenvalue weighted by atomic mass is 10.1. The summed E-state index contributed by atoms with van der Waals surface area (Å²) < 4.78 is 2.30. The van der Waals surface area contributed by atoms with Crippen molar-refractivity contribution >= 4 is 16.6 Å². The number of nitrogen functional groups attached to an aromatic ring is 1. The van der Waals surface area contributed by atoms with Gasteiger partial charge in [-0.25, -0.2) is 0 Å². The summed E-state index contributed by atoms with van der Waals surface area (Å²) in [5.41, 5.74) is 9.73. The summed E-state index contributed by atoms with van der Waals surface area (Å²) in [5, 5.41) is 1.26. The summed E-state index contributed by atoms with van der Waals surface area (Å²) >= 11 is 0. The van der Waals surface area contributed by atoms with Crippen molar-refractivity contribution in [1.29, 1.82) is 0 Å². The van der Waals surface area contributed by atoms with Gasteiger partial charge in [0.25, 0.3) is 0 Å². The van der Waals surface area contributed by atoms with Crippen molar-refractivity contribution in [3.8, 4) is 0 Å². The number of likely N-dealkylation sites (tertiary alicyclic amines) is 1. The number of benzene rings is 1. The molecule has 1 aliphatic rings. The van der Waals surface area contributed by atoms with Gasteiger partial charge < -0.3 is 10.3 Å². The van der Waals surface area contributed by atoms with Crippen LogP contribution >= 0.6 is 0 Å². The van der Waals surface area contributed by atoms with E-state index in [1.54, 1.807) is 0 Å². The maximum atomic E-state index is 6.17. The number of aryl methyl sites for hydroxylation is 1. The van der Waals surface area contributed by atoms with Gasteiger partial charge >= 0.3 is 0 Å². The molecule has 3 nitrogen and oxygen atoms in total. The summed E-state index contributed by atoms with van der Waals surface area (Å²) in [6, 6.07) is 6.22. The molecule has 0 atom stereocenters. The monoisotopic (exact) mass is 243 g/mol. The molecule has 1 aromatic heterocycles. The highest BCUT2D eigenvalue weighted by Crippen LogP contribution is 2.28. The molecule has 2 heterocycles. The fraction of sp³-hybridized carbons (Fsp3) is 0.467. The molecule has 2 aromatic rings. The van der Waals surface area contributed by atoms with Crippen molar-refractivity contribution in [2.24, 2.45) is 0 Å². The first-order chi connectivity index (χ1) is 8.79. The molecule has 3 rings (SSSR count). The molecular weight excluding hydrogens is 222 g/mol. The molecule has 3 heteroatoms. The number of hydrogen-bond donors (Lipinski definition) is 1. The van der Waals surface area contributed by atoms with E-state index in [1.807, 2.05) is 12.1 Å². The Kier molecular flexibility index (Phi) is 3.00. The fourth-order valence-corrected chi connectivity index (χ4v) is 3.03. The van der Waals surface area contributed by atoms with Crippen molar-refractivity contribution < 1.29 is 0 Å². The summed E-state index contributed by atoms with van der Waals surface area (Å²) in [6.45, 7) is 6.68. The van der Waals surface area contributed by atoms with Gasteiger partial charge in [0.05, 0.1) is 5.52 Å². The van der Waals surface area contributed by atoms with Crippen LogP contribution in [-0.4, -0.2) is 22.6 Å². The highest BCUT2D eigenvalue weighted by atomic mass is 15.1. The van der Waals surface area contributed by atoms with E-state index in [0.29, 0.717) is 0 Å². The van der Waals surface area contributed by atoms with E-state index in [1.165, 1.54) is 42.4 Å². The van der Waals surface area contributed by atoms with Gasteiger partial charge in [0.1, 0.15) is 0 Å². The van der Waals surface area contributed by atoms with Crippen LogP contribution in [0.3, 0.4) is 0 Å². The zero-order valence-electron chi connectivity index (χ0n) is 11.0. The van der Waals surface area contributed by atoms with Crippen LogP contribution in [0.4, 0.5) is 5.69 Å². The van der Waals surface area contributed by atoms with Gasteiger partial charge in [-0.05, 0) is 50.6 Å². The third-order valence-electron chi connectivity index (χ3n) is 3.95. The molecular formula is C15H21N3.